The second kappa shape index (κ2) is 6.57. The third-order valence-electron chi connectivity index (χ3n) is 3.65. The summed E-state index contributed by atoms with van der Waals surface area (Å²) in [6.45, 7) is 1.86. The first kappa shape index (κ1) is 15.8. The summed E-state index contributed by atoms with van der Waals surface area (Å²) in [6, 6.07) is 9.17. The van der Waals surface area contributed by atoms with Gasteiger partial charge in [0, 0.05) is 12.3 Å². The molecule has 124 valence electrons. The first-order valence-corrected chi connectivity index (χ1v) is 7.33. The molecule has 1 aromatic carbocycles. The largest absolute Gasteiger partial charge is 0.497 e. The van der Waals surface area contributed by atoms with E-state index in [1.54, 1.807) is 33.6 Å². The van der Waals surface area contributed by atoms with Gasteiger partial charge in [-0.25, -0.2) is 0 Å². The molecule has 0 spiro atoms. The van der Waals surface area contributed by atoms with Gasteiger partial charge in [-0.1, -0.05) is 6.07 Å². The minimum absolute atomic E-state index is 0.578. The Morgan fingerprint density at radius 2 is 1.62 bits per heavy atom. The molecule has 0 aliphatic carbocycles. The van der Waals surface area contributed by atoms with Gasteiger partial charge in [0.2, 0.25) is 0 Å². The molecule has 3 rings (SSSR count). The molecule has 0 N–H and O–H groups in total. The molecular formula is C17H18N4O3. The minimum atomic E-state index is 0.578. The van der Waals surface area contributed by atoms with Gasteiger partial charge in [0.1, 0.15) is 34.5 Å². The van der Waals surface area contributed by atoms with E-state index < -0.39 is 0 Å². The van der Waals surface area contributed by atoms with Crippen LogP contribution in [0, 0.1) is 6.92 Å². The highest BCUT2D eigenvalue weighted by Gasteiger charge is 2.21. The van der Waals surface area contributed by atoms with E-state index in [4.69, 9.17) is 14.2 Å². The monoisotopic (exact) mass is 326 g/mol. The normalized spacial score (nSPS) is 10.5. The van der Waals surface area contributed by atoms with Crippen molar-refractivity contribution in [2.75, 3.05) is 21.3 Å². The van der Waals surface area contributed by atoms with Crippen molar-refractivity contribution in [3.63, 3.8) is 0 Å². The smallest absolute Gasteiger partial charge is 0.187 e. The molecule has 24 heavy (non-hydrogen) atoms. The van der Waals surface area contributed by atoms with E-state index in [1.165, 1.54) is 0 Å². The molecule has 0 atom stereocenters. The van der Waals surface area contributed by atoms with Gasteiger partial charge in [0.15, 0.2) is 5.82 Å². The zero-order valence-electron chi connectivity index (χ0n) is 14.0. The van der Waals surface area contributed by atoms with Gasteiger partial charge in [-0.3, -0.25) is 9.55 Å². The van der Waals surface area contributed by atoms with E-state index in [0.717, 1.165) is 5.69 Å². The van der Waals surface area contributed by atoms with Crippen molar-refractivity contribution >= 4 is 0 Å². The maximum Gasteiger partial charge on any atom is 0.187 e. The van der Waals surface area contributed by atoms with Crippen molar-refractivity contribution in [1.29, 1.82) is 0 Å². The number of aryl methyl sites for hydroxylation is 1. The number of hydrogen-bond acceptors (Lipinski definition) is 6. The van der Waals surface area contributed by atoms with Gasteiger partial charge in [-0.15, -0.1) is 10.2 Å². The first-order valence-electron chi connectivity index (χ1n) is 7.33. The summed E-state index contributed by atoms with van der Waals surface area (Å²) >= 11 is 0. The lowest BCUT2D eigenvalue weighted by atomic mass is 10.2. The Morgan fingerprint density at radius 1 is 0.917 bits per heavy atom. The third kappa shape index (κ3) is 2.64. The van der Waals surface area contributed by atoms with E-state index in [1.807, 2.05) is 35.8 Å². The molecule has 0 saturated carbocycles. The van der Waals surface area contributed by atoms with Crippen LogP contribution < -0.4 is 14.2 Å². The van der Waals surface area contributed by atoms with Crippen LogP contribution >= 0.6 is 0 Å². The molecule has 0 radical (unpaired) electrons. The van der Waals surface area contributed by atoms with Crippen molar-refractivity contribution in [3.8, 4) is 34.5 Å². The van der Waals surface area contributed by atoms with Crippen molar-refractivity contribution < 1.29 is 14.2 Å². The summed E-state index contributed by atoms with van der Waals surface area (Å²) in [5.41, 5.74) is 1.37. The van der Waals surface area contributed by atoms with E-state index in [2.05, 4.69) is 15.2 Å². The molecule has 0 fully saturated rings. The average Bonchev–Trinajstić information content (AvgIpc) is 3.02. The van der Waals surface area contributed by atoms with E-state index >= 15 is 0 Å². The van der Waals surface area contributed by atoms with Crippen molar-refractivity contribution in [2.45, 2.75) is 6.92 Å². The van der Waals surface area contributed by atoms with Crippen LogP contribution in [0.2, 0.25) is 0 Å². The number of nitrogens with zero attached hydrogens (tertiary/aromatic N) is 4. The minimum Gasteiger partial charge on any atom is -0.497 e. The molecule has 3 aromatic rings. The molecule has 0 bridgehead atoms. The molecule has 2 heterocycles. The molecular weight excluding hydrogens is 308 g/mol. The van der Waals surface area contributed by atoms with Crippen molar-refractivity contribution in [2.24, 2.45) is 0 Å². The number of ether oxygens (including phenoxy) is 3. The molecule has 0 aliphatic rings. The summed E-state index contributed by atoms with van der Waals surface area (Å²) in [6.07, 6.45) is 1.67. The summed E-state index contributed by atoms with van der Waals surface area (Å²) in [7, 11) is 4.83. The first-order chi connectivity index (χ1) is 11.7. The molecule has 0 saturated heterocycles. The Hall–Kier alpha value is -3.09. The van der Waals surface area contributed by atoms with Crippen LogP contribution in [-0.2, 0) is 0 Å². The fourth-order valence-corrected chi connectivity index (χ4v) is 2.51. The summed E-state index contributed by atoms with van der Waals surface area (Å²) in [5.74, 6) is 3.27. The van der Waals surface area contributed by atoms with Crippen LogP contribution in [-0.4, -0.2) is 41.1 Å². The van der Waals surface area contributed by atoms with Gasteiger partial charge in [0.25, 0.3) is 0 Å². The fraction of sp³-hybridized carbons (Fsp3) is 0.235. The Morgan fingerprint density at radius 3 is 2.25 bits per heavy atom. The second-order valence-electron chi connectivity index (χ2n) is 5.00. The molecule has 7 heteroatoms. The summed E-state index contributed by atoms with van der Waals surface area (Å²) in [4.78, 5) is 4.38. The van der Waals surface area contributed by atoms with E-state index in [0.29, 0.717) is 34.6 Å². The van der Waals surface area contributed by atoms with E-state index in [-0.39, 0.29) is 0 Å². The van der Waals surface area contributed by atoms with Gasteiger partial charge in [-0.05, 0) is 25.1 Å². The maximum atomic E-state index is 5.50. The average molecular weight is 326 g/mol. The molecule has 2 aromatic heterocycles. The Bertz CT molecular complexity index is 839. The zero-order chi connectivity index (χ0) is 17.1. The predicted octanol–water partition coefficient (Wildman–Crippen LogP) is 2.66. The SMILES string of the molecule is COc1ccnc(-c2nnc(C)n2-c2c(OC)cccc2OC)c1. The Balaban J connectivity index is 2.26. The lowest BCUT2D eigenvalue weighted by molar-refractivity contribution is 0.391. The van der Waals surface area contributed by atoms with Crippen LogP contribution in [0.3, 0.4) is 0 Å². The number of methoxy groups -OCH3 is 3. The number of benzene rings is 1. The standard InChI is InChI=1S/C17H18N4O3/c1-11-19-20-17(13-10-12(22-2)8-9-18-13)21(11)16-14(23-3)6-5-7-15(16)24-4/h5-10H,1-4H3. The quantitative estimate of drug-likeness (QED) is 0.718. The number of hydrogen-bond donors (Lipinski definition) is 0. The number of rotatable bonds is 5. The number of para-hydroxylation sites is 1. The second-order valence-corrected chi connectivity index (χ2v) is 5.00. The van der Waals surface area contributed by atoms with Gasteiger partial charge in [0.05, 0.1) is 21.3 Å². The van der Waals surface area contributed by atoms with Crippen molar-refractivity contribution in [1.82, 2.24) is 19.7 Å². The molecule has 0 aliphatic heterocycles. The topological polar surface area (TPSA) is 71.3 Å². The lowest BCUT2D eigenvalue weighted by Crippen LogP contribution is -2.05. The third-order valence-corrected chi connectivity index (χ3v) is 3.65. The number of pyridine rings is 1. The summed E-state index contributed by atoms with van der Waals surface area (Å²) < 4.78 is 18.1. The van der Waals surface area contributed by atoms with Gasteiger partial charge >= 0.3 is 0 Å². The molecule has 0 unspecified atom stereocenters. The van der Waals surface area contributed by atoms with Crippen LogP contribution in [0.4, 0.5) is 0 Å². The van der Waals surface area contributed by atoms with E-state index in [9.17, 15) is 0 Å². The highest BCUT2D eigenvalue weighted by Crippen LogP contribution is 2.35. The van der Waals surface area contributed by atoms with Gasteiger partial charge in [-0.2, -0.15) is 0 Å². The van der Waals surface area contributed by atoms with Crippen LogP contribution in [0.25, 0.3) is 17.2 Å². The predicted molar refractivity (Wildman–Crippen MR) is 89.0 cm³/mol. The Labute approximate surface area is 139 Å². The maximum absolute atomic E-state index is 5.50. The highest BCUT2D eigenvalue weighted by atomic mass is 16.5. The van der Waals surface area contributed by atoms with Crippen molar-refractivity contribution in [3.05, 3.63) is 42.4 Å². The molecule has 7 nitrogen and oxygen atoms in total. The van der Waals surface area contributed by atoms with Gasteiger partial charge < -0.3 is 14.2 Å². The molecule has 0 amide bonds. The lowest BCUT2D eigenvalue weighted by Gasteiger charge is -2.16. The van der Waals surface area contributed by atoms with Crippen LogP contribution in [0.5, 0.6) is 17.2 Å². The Kier molecular flexibility index (Phi) is 4.33. The number of aromatic nitrogens is 4. The van der Waals surface area contributed by atoms with Crippen LogP contribution in [0.1, 0.15) is 5.82 Å². The van der Waals surface area contributed by atoms with Crippen LogP contribution in [0.15, 0.2) is 36.5 Å². The highest BCUT2D eigenvalue weighted by molar-refractivity contribution is 5.64. The zero-order valence-corrected chi connectivity index (χ0v) is 14.0. The summed E-state index contributed by atoms with van der Waals surface area (Å²) in [5, 5.41) is 8.47. The fourth-order valence-electron chi connectivity index (χ4n) is 2.51.